The Balaban J connectivity index is 1.88. The van der Waals surface area contributed by atoms with Crippen LogP contribution in [0.2, 0.25) is 0 Å². The fourth-order valence-electron chi connectivity index (χ4n) is 2.26. The van der Waals surface area contributed by atoms with Gasteiger partial charge in [-0.3, -0.25) is 0 Å². The van der Waals surface area contributed by atoms with Crippen molar-refractivity contribution >= 4 is 0 Å². The van der Waals surface area contributed by atoms with Crippen molar-refractivity contribution in [1.82, 2.24) is 15.5 Å². The smallest absolute Gasteiger partial charge is 0.244 e. The van der Waals surface area contributed by atoms with Crippen LogP contribution in [0.5, 0.6) is 0 Å². The minimum atomic E-state index is -0.392. The molecule has 1 aliphatic rings. The van der Waals surface area contributed by atoms with Gasteiger partial charge < -0.3 is 14.9 Å². The summed E-state index contributed by atoms with van der Waals surface area (Å²) in [6, 6.07) is 4.48. The molecule has 1 saturated heterocycles. The first kappa shape index (κ1) is 12.3. The largest absolute Gasteiger partial charge is 0.392 e. The van der Waals surface area contributed by atoms with Crippen molar-refractivity contribution in [2.75, 3.05) is 6.54 Å². The third-order valence-corrected chi connectivity index (χ3v) is 3.15. The van der Waals surface area contributed by atoms with Gasteiger partial charge in [0.15, 0.2) is 0 Å². The molecule has 0 aliphatic carbocycles. The van der Waals surface area contributed by atoms with Gasteiger partial charge in [0.25, 0.3) is 0 Å². The Morgan fingerprint density at radius 2 is 2.26 bits per heavy atom. The topological polar surface area (TPSA) is 71.2 Å². The lowest BCUT2D eigenvalue weighted by atomic mass is 10.1. The van der Waals surface area contributed by atoms with Crippen molar-refractivity contribution in [3.05, 3.63) is 35.5 Å². The van der Waals surface area contributed by atoms with E-state index in [0.717, 1.165) is 5.56 Å². The van der Waals surface area contributed by atoms with Crippen molar-refractivity contribution in [2.45, 2.75) is 25.5 Å². The number of nitrogens with zero attached hydrogens (tertiary/aromatic N) is 2. The van der Waals surface area contributed by atoms with Gasteiger partial charge in [0.05, 0.1) is 12.1 Å². The summed E-state index contributed by atoms with van der Waals surface area (Å²) in [5.41, 5.74) is 1.39. The molecule has 0 bridgehead atoms. The van der Waals surface area contributed by atoms with E-state index in [0.29, 0.717) is 30.2 Å². The lowest BCUT2D eigenvalue weighted by Gasteiger charge is -2.01. The first-order valence-electron chi connectivity index (χ1n) is 6.14. The Labute approximate surface area is 109 Å². The number of aliphatic hydroxyl groups is 1. The first-order valence-corrected chi connectivity index (χ1v) is 6.14. The summed E-state index contributed by atoms with van der Waals surface area (Å²) in [4.78, 5) is 4.26. The number of halogens is 1. The third-order valence-electron chi connectivity index (χ3n) is 3.15. The highest BCUT2D eigenvalue weighted by molar-refractivity contribution is 5.55. The van der Waals surface area contributed by atoms with Crippen LogP contribution in [0.4, 0.5) is 4.39 Å². The molecule has 0 saturated carbocycles. The second kappa shape index (κ2) is 4.71. The van der Waals surface area contributed by atoms with Crippen molar-refractivity contribution in [2.24, 2.45) is 0 Å². The fourth-order valence-corrected chi connectivity index (χ4v) is 2.26. The van der Waals surface area contributed by atoms with Crippen LogP contribution in [0.25, 0.3) is 11.4 Å². The van der Waals surface area contributed by atoms with Gasteiger partial charge in [-0.1, -0.05) is 5.16 Å². The zero-order valence-electron chi connectivity index (χ0n) is 10.4. The van der Waals surface area contributed by atoms with Crippen LogP contribution < -0.4 is 5.32 Å². The van der Waals surface area contributed by atoms with Gasteiger partial charge >= 0.3 is 0 Å². The Morgan fingerprint density at radius 3 is 2.95 bits per heavy atom. The molecule has 1 fully saturated rings. The molecule has 0 unspecified atom stereocenters. The van der Waals surface area contributed by atoms with Gasteiger partial charge in [0.1, 0.15) is 5.82 Å². The van der Waals surface area contributed by atoms with E-state index in [4.69, 9.17) is 4.52 Å². The van der Waals surface area contributed by atoms with Crippen LogP contribution in [0, 0.1) is 12.7 Å². The van der Waals surface area contributed by atoms with Crippen molar-refractivity contribution < 1.29 is 14.0 Å². The van der Waals surface area contributed by atoms with E-state index in [2.05, 4.69) is 15.5 Å². The van der Waals surface area contributed by atoms with Crippen LogP contribution in [-0.2, 0) is 0 Å². The van der Waals surface area contributed by atoms with Gasteiger partial charge in [-0.05, 0) is 37.1 Å². The quantitative estimate of drug-likeness (QED) is 0.860. The van der Waals surface area contributed by atoms with E-state index in [1.807, 2.05) is 6.92 Å². The third kappa shape index (κ3) is 2.50. The highest BCUT2D eigenvalue weighted by Crippen LogP contribution is 2.25. The standard InChI is InChI=1S/C13H14FN3O2/c1-7-2-8(4-9(14)3-7)12-16-13(19-17-12)11-5-10(18)6-15-11/h2-4,10-11,15,18H,5-6H2,1H3/t10-,11-/m0/s1. The lowest BCUT2D eigenvalue weighted by Crippen LogP contribution is -2.15. The van der Waals surface area contributed by atoms with Gasteiger partial charge in [0.2, 0.25) is 11.7 Å². The van der Waals surface area contributed by atoms with Crippen molar-refractivity contribution in [3.63, 3.8) is 0 Å². The number of rotatable bonds is 2. The monoisotopic (exact) mass is 263 g/mol. The molecule has 2 atom stereocenters. The second-order valence-electron chi connectivity index (χ2n) is 4.82. The first-order chi connectivity index (χ1) is 9.11. The second-order valence-corrected chi connectivity index (χ2v) is 4.82. The number of β-amino-alcohol motifs (C(OH)–C–C–N with tert-alkyl or cyclic N) is 1. The highest BCUT2D eigenvalue weighted by atomic mass is 19.1. The van der Waals surface area contributed by atoms with E-state index < -0.39 is 6.10 Å². The zero-order chi connectivity index (χ0) is 13.4. The molecule has 3 rings (SSSR count). The summed E-state index contributed by atoms with van der Waals surface area (Å²) in [6.45, 7) is 2.32. The van der Waals surface area contributed by atoms with Crippen LogP contribution in [0.1, 0.15) is 23.9 Å². The highest BCUT2D eigenvalue weighted by Gasteiger charge is 2.28. The van der Waals surface area contributed by atoms with Gasteiger partial charge in [0, 0.05) is 12.1 Å². The molecule has 5 nitrogen and oxygen atoms in total. The van der Waals surface area contributed by atoms with Gasteiger partial charge in [-0.25, -0.2) is 4.39 Å². The Bertz CT molecular complexity index is 579. The summed E-state index contributed by atoms with van der Waals surface area (Å²) in [5.74, 6) is 0.463. The summed E-state index contributed by atoms with van der Waals surface area (Å²) < 4.78 is 18.5. The minimum Gasteiger partial charge on any atom is -0.392 e. The van der Waals surface area contributed by atoms with E-state index >= 15 is 0 Å². The minimum absolute atomic E-state index is 0.133. The summed E-state index contributed by atoms with van der Waals surface area (Å²) in [7, 11) is 0. The molecule has 2 aromatic rings. The zero-order valence-corrected chi connectivity index (χ0v) is 10.4. The molecule has 2 N–H and O–H groups in total. The Hall–Kier alpha value is -1.79. The molecule has 1 aromatic heterocycles. The molecular weight excluding hydrogens is 249 g/mol. The Kier molecular flexibility index (Phi) is 3.04. The van der Waals surface area contributed by atoms with Gasteiger partial charge in [-0.15, -0.1) is 0 Å². The number of aliphatic hydroxyl groups excluding tert-OH is 1. The number of benzene rings is 1. The van der Waals surface area contributed by atoms with Crippen LogP contribution in [0.3, 0.4) is 0 Å². The predicted molar refractivity (Wildman–Crippen MR) is 65.8 cm³/mol. The number of aromatic nitrogens is 2. The fraction of sp³-hybridized carbons (Fsp3) is 0.385. The molecule has 1 aliphatic heterocycles. The Morgan fingerprint density at radius 1 is 1.42 bits per heavy atom. The molecule has 0 spiro atoms. The molecule has 1 aromatic carbocycles. The van der Waals surface area contributed by atoms with E-state index in [-0.39, 0.29) is 11.9 Å². The van der Waals surface area contributed by atoms with Crippen LogP contribution in [0.15, 0.2) is 22.7 Å². The maximum Gasteiger partial charge on any atom is 0.244 e. The van der Waals surface area contributed by atoms with Crippen molar-refractivity contribution in [3.8, 4) is 11.4 Å². The normalized spacial score (nSPS) is 22.9. The molecule has 19 heavy (non-hydrogen) atoms. The van der Waals surface area contributed by atoms with Crippen molar-refractivity contribution in [1.29, 1.82) is 0 Å². The van der Waals surface area contributed by atoms with E-state index in [9.17, 15) is 9.50 Å². The lowest BCUT2D eigenvalue weighted by molar-refractivity contribution is 0.191. The van der Waals surface area contributed by atoms with E-state index in [1.54, 1.807) is 6.07 Å². The average Bonchev–Trinajstić information content (AvgIpc) is 2.95. The average molecular weight is 263 g/mol. The molecule has 0 radical (unpaired) electrons. The van der Waals surface area contributed by atoms with Crippen LogP contribution in [-0.4, -0.2) is 27.9 Å². The van der Waals surface area contributed by atoms with E-state index in [1.165, 1.54) is 12.1 Å². The predicted octanol–water partition coefficient (Wildman–Crippen LogP) is 1.58. The SMILES string of the molecule is Cc1cc(F)cc(-c2noc([C@@H]3C[C@H](O)CN3)n2)c1. The molecular formula is C13H14FN3O2. The number of hydrogen-bond donors (Lipinski definition) is 2. The summed E-state index contributed by atoms with van der Waals surface area (Å²) in [5, 5.41) is 16.4. The summed E-state index contributed by atoms with van der Waals surface area (Å²) in [6.07, 6.45) is 0.154. The molecule has 0 amide bonds. The maximum absolute atomic E-state index is 13.3. The summed E-state index contributed by atoms with van der Waals surface area (Å²) >= 11 is 0. The maximum atomic E-state index is 13.3. The number of hydrogen-bond acceptors (Lipinski definition) is 5. The molecule has 2 heterocycles. The molecule has 6 heteroatoms. The van der Waals surface area contributed by atoms with Crippen LogP contribution >= 0.6 is 0 Å². The number of aryl methyl sites for hydroxylation is 1. The molecule has 100 valence electrons. The van der Waals surface area contributed by atoms with Gasteiger partial charge in [-0.2, -0.15) is 4.98 Å². The number of nitrogens with one attached hydrogen (secondary N) is 1.